The third-order valence-electron chi connectivity index (χ3n) is 3.50. The number of ether oxygens (including phenoxy) is 1. The highest BCUT2D eigenvalue weighted by molar-refractivity contribution is 9.10. The summed E-state index contributed by atoms with van der Waals surface area (Å²) in [6, 6.07) is 0. The molecular weight excluding hydrogens is 352 g/mol. The number of carbonyl (C=O) groups is 2. The number of amides is 2. The molecule has 1 aromatic heterocycles. The lowest BCUT2D eigenvalue weighted by Crippen LogP contribution is -2.46. The van der Waals surface area contributed by atoms with Gasteiger partial charge in [-0.05, 0) is 43.1 Å². The van der Waals surface area contributed by atoms with E-state index in [4.69, 9.17) is 10.5 Å². The van der Waals surface area contributed by atoms with Crippen molar-refractivity contribution in [3.8, 4) is 0 Å². The molecule has 0 aliphatic carbocycles. The molecule has 0 saturated carbocycles. The minimum atomic E-state index is -1.05. The first-order valence-corrected chi connectivity index (χ1v) is 7.70. The molecule has 1 aliphatic heterocycles. The van der Waals surface area contributed by atoms with E-state index in [1.807, 2.05) is 0 Å². The van der Waals surface area contributed by atoms with Gasteiger partial charge in [0, 0.05) is 25.5 Å². The normalized spacial score (nSPS) is 21.7. The predicted molar refractivity (Wildman–Crippen MR) is 83.0 cm³/mol. The van der Waals surface area contributed by atoms with E-state index in [9.17, 15) is 9.59 Å². The van der Waals surface area contributed by atoms with Crippen molar-refractivity contribution in [2.75, 3.05) is 13.1 Å². The summed E-state index contributed by atoms with van der Waals surface area (Å²) >= 11 is 3.30. The van der Waals surface area contributed by atoms with Gasteiger partial charge in [0.1, 0.15) is 15.6 Å². The summed E-state index contributed by atoms with van der Waals surface area (Å²) in [6.45, 7) is 5.89. The van der Waals surface area contributed by atoms with Crippen molar-refractivity contribution in [1.82, 2.24) is 14.9 Å². The summed E-state index contributed by atoms with van der Waals surface area (Å²) < 4.78 is 5.81. The summed E-state index contributed by atoms with van der Waals surface area (Å²) in [6.07, 6.45) is 2.94. The van der Waals surface area contributed by atoms with Crippen LogP contribution in [-0.2, 0) is 14.9 Å². The van der Waals surface area contributed by atoms with Crippen LogP contribution < -0.4 is 5.73 Å². The molecule has 1 unspecified atom stereocenters. The van der Waals surface area contributed by atoms with Crippen molar-refractivity contribution in [2.45, 2.75) is 38.2 Å². The Kier molecular flexibility index (Phi) is 4.42. The van der Waals surface area contributed by atoms with Crippen molar-refractivity contribution in [3.63, 3.8) is 0 Å². The fourth-order valence-electron chi connectivity index (χ4n) is 2.45. The van der Waals surface area contributed by atoms with Crippen molar-refractivity contribution in [2.24, 2.45) is 5.73 Å². The molecule has 120 valence electrons. The van der Waals surface area contributed by atoms with Gasteiger partial charge in [-0.15, -0.1) is 0 Å². The fraction of sp³-hybridized carbons (Fsp3) is 0.571. The van der Waals surface area contributed by atoms with E-state index in [0.717, 1.165) is 0 Å². The summed E-state index contributed by atoms with van der Waals surface area (Å²) in [5, 5.41) is 0. The van der Waals surface area contributed by atoms with Gasteiger partial charge in [-0.2, -0.15) is 0 Å². The first kappa shape index (κ1) is 16.7. The van der Waals surface area contributed by atoms with Gasteiger partial charge in [-0.25, -0.2) is 9.78 Å². The molecule has 2 amide bonds. The van der Waals surface area contributed by atoms with Crippen LogP contribution in [0.5, 0.6) is 0 Å². The number of nitrogens with two attached hydrogens (primary N) is 1. The minimum Gasteiger partial charge on any atom is -0.444 e. The Hall–Kier alpha value is -1.70. The SMILES string of the molecule is CC(C)(C)OC(=O)N1CCC(C(N)=O)(c2nccnc2Br)C1. The van der Waals surface area contributed by atoms with E-state index >= 15 is 0 Å². The van der Waals surface area contributed by atoms with E-state index in [1.54, 1.807) is 20.8 Å². The lowest BCUT2D eigenvalue weighted by Gasteiger charge is -2.27. The number of hydrogen-bond donors (Lipinski definition) is 1. The number of hydrogen-bond acceptors (Lipinski definition) is 5. The molecule has 1 aliphatic rings. The third-order valence-corrected chi connectivity index (χ3v) is 4.08. The first-order valence-electron chi connectivity index (χ1n) is 6.90. The smallest absolute Gasteiger partial charge is 0.410 e. The van der Waals surface area contributed by atoms with E-state index in [1.165, 1.54) is 17.3 Å². The lowest BCUT2D eigenvalue weighted by molar-refractivity contribution is -0.123. The van der Waals surface area contributed by atoms with Gasteiger partial charge in [0.15, 0.2) is 0 Å². The zero-order valence-corrected chi connectivity index (χ0v) is 14.4. The van der Waals surface area contributed by atoms with Crippen molar-refractivity contribution >= 4 is 27.9 Å². The maximum Gasteiger partial charge on any atom is 0.410 e. The summed E-state index contributed by atoms with van der Waals surface area (Å²) in [4.78, 5) is 34.1. The van der Waals surface area contributed by atoms with Gasteiger partial charge in [-0.1, -0.05) is 0 Å². The molecular formula is C14H19BrN4O3. The highest BCUT2D eigenvalue weighted by atomic mass is 79.9. The van der Waals surface area contributed by atoms with Gasteiger partial charge >= 0.3 is 6.09 Å². The Morgan fingerprint density at radius 2 is 2.00 bits per heavy atom. The monoisotopic (exact) mass is 370 g/mol. The number of halogens is 1. The number of likely N-dealkylation sites (tertiary alicyclic amines) is 1. The van der Waals surface area contributed by atoms with Crippen LogP contribution in [0.1, 0.15) is 32.9 Å². The van der Waals surface area contributed by atoms with Crippen LogP contribution in [-0.4, -0.2) is 45.6 Å². The summed E-state index contributed by atoms with van der Waals surface area (Å²) in [5.74, 6) is -0.528. The number of carbonyl (C=O) groups excluding carboxylic acids is 2. The van der Waals surface area contributed by atoms with Crippen LogP contribution in [0.4, 0.5) is 4.79 Å². The minimum absolute atomic E-state index is 0.133. The average Bonchev–Trinajstić information content (AvgIpc) is 2.83. The zero-order valence-electron chi connectivity index (χ0n) is 12.8. The standard InChI is InChI=1S/C14H19BrN4O3/c1-13(2,3)22-12(21)19-7-4-14(8-19,11(16)20)9-10(15)18-6-5-17-9/h5-6H,4,7-8H2,1-3H3,(H2,16,20). The molecule has 1 aromatic rings. The molecule has 0 radical (unpaired) electrons. The van der Waals surface area contributed by atoms with Gasteiger partial charge in [0.05, 0.1) is 5.69 Å². The summed E-state index contributed by atoms with van der Waals surface area (Å²) in [7, 11) is 0. The molecule has 1 fully saturated rings. The maximum absolute atomic E-state index is 12.2. The molecule has 2 N–H and O–H groups in total. The van der Waals surface area contributed by atoms with Crippen LogP contribution in [0, 0.1) is 0 Å². The van der Waals surface area contributed by atoms with Crippen molar-refractivity contribution in [3.05, 3.63) is 22.7 Å². The second-order valence-corrected chi connectivity index (χ2v) is 7.05. The molecule has 0 bridgehead atoms. The molecule has 1 atom stereocenters. The summed E-state index contributed by atoms with van der Waals surface area (Å²) in [5.41, 5.74) is 4.42. The molecule has 2 heterocycles. The van der Waals surface area contributed by atoms with Crippen LogP contribution in [0.15, 0.2) is 17.0 Å². The Bertz CT molecular complexity index is 602. The quantitative estimate of drug-likeness (QED) is 0.852. The lowest BCUT2D eigenvalue weighted by atomic mass is 9.83. The third kappa shape index (κ3) is 3.21. The van der Waals surface area contributed by atoms with Gasteiger partial charge in [-0.3, -0.25) is 9.78 Å². The number of primary amides is 1. The molecule has 0 aromatic carbocycles. The highest BCUT2D eigenvalue weighted by Crippen LogP contribution is 2.36. The van der Waals surface area contributed by atoms with Gasteiger partial charge in [0.25, 0.3) is 0 Å². The van der Waals surface area contributed by atoms with Crippen LogP contribution in [0.25, 0.3) is 0 Å². The second kappa shape index (κ2) is 5.83. The Balaban J connectivity index is 2.28. The zero-order chi connectivity index (χ0) is 16.5. The Morgan fingerprint density at radius 3 is 2.55 bits per heavy atom. The van der Waals surface area contributed by atoms with Gasteiger partial charge in [0.2, 0.25) is 5.91 Å². The van der Waals surface area contributed by atoms with E-state index in [0.29, 0.717) is 23.3 Å². The molecule has 1 saturated heterocycles. The van der Waals surface area contributed by atoms with Crippen LogP contribution in [0.2, 0.25) is 0 Å². The molecule has 2 rings (SSSR count). The van der Waals surface area contributed by atoms with E-state index in [2.05, 4.69) is 25.9 Å². The second-order valence-electron chi connectivity index (χ2n) is 6.29. The number of aromatic nitrogens is 2. The highest BCUT2D eigenvalue weighted by Gasteiger charge is 2.49. The average molecular weight is 371 g/mol. The van der Waals surface area contributed by atoms with Crippen molar-refractivity contribution < 1.29 is 14.3 Å². The molecule has 0 spiro atoms. The van der Waals surface area contributed by atoms with Crippen LogP contribution >= 0.6 is 15.9 Å². The fourth-order valence-corrected chi connectivity index (χ4v) is 3.05. The van der Waals surface area contributed by atoms with Crippen molar-refractivity contribution in [1.29, 1.82) is 0 Å². The van der Waals surface area contributed by atoms with E-state index in [-0.39, 0.29) is 6.54 Å². The first-order chi connectivity index (χ1) is 10.2. The van der Waals surface area contributed by atoms with Crippen LogP contribution in [0.3, 0.4) is 0 Å². The van der Waals surface area contributed by atoms with Gasteiger partial charge < -0.3 is 15.4 Å². The molecule has 7 nitrogen and oxygen atoms in total. The maximum atomic E-state index is 12.2. The van der Waals surface area contributed by atoms with E-state index < -0.39 is 23.0 Å². The number of rotatable bonds is 2. The topological polar surface area (TPSA) is 98.4 Å². The largest absolute Gasteiger partial charge is 0.444 e. The molecule has 8 heteroatoms. The Morgan fingerprint density at radius 1 is 1.36 bits per heavy atom. The Labute approximate surface area is 137 Å². The predicted octanol–water partition coefficient (Wildman–Crippen LogP) is 1.60. The molecule has 22 heavy (non-hydrogen) atoms. The number of nitrogens with zero attached hydrogens (tertiary/aromatic N) is 3.